The number of benzene rings is 1. The molecule has 0 aliphatic carbocycles. The third-order valence-electron chi connectivity index (χ3n) is 4.21. The Kier molecular flexibility index (Phi) is 7.38. The lowest BCUT2D eigenvalue weighted by molar-refractivity contribution is -0.138. The summed E-state index contributed by atoms with van der Waals surface area (Å²) in [6.45, 7) is 3.80. The zero-order chi connectivity index (χ0) is 20.7. The van der Waals surface area contributed by atoms with Crippen molar-refractivity contribution in [1.29, 1.82) is 0 Å². The number of alkyl halides is 3. The Morgan fingerprint density at radius 1 is 1.07 bits per heavy atom. The van der Waals surface area contributed by atoms with Crippen molar-refractivity contribution >= 4 is 17.7 Å². The first kappa shape index (κ1) is 21.7. The van der Waals surface area contributed by atoms with E-state index in [2.05, 4.69) is 10.9 Å². The van der Waals surface area contributed by atoms with E-state index in [9.17, 15) is 27.6 Å². The van der Waals surface area contributed by atoms with Gasteiger partial charge < -0.3 is 9.64 Å². The molecule has 1 aliphatic rings. The lowest BCUT2D eigenvalue weighted by atomic mass is 10.0. The van der Waals surface area contributed by atoms with Crippen LogP contribution in [-0.2, 0) is 20.5 Å². The second-order valence-electron chi connectivity index (χ2n) is 6.58. The highest BCUT2D eigenvalue weighted by Crippen LogP contribution is 2.29. The highest BCUT2D eigenvalue weighted by Gasteiger charge is 2.30. The van der Waals surface area contributed by atoms with Crippen LogP contribution in [0.2, 0.25) is 0 Å². The van der Waals surface area contributed by atoms with Crippen molar-refractivity contribution in [2.24, 2.45) is 5.92 Å². The van der Waals surface area contributed by atoms with Gasteiger partial charge in [-0.15, -0.1) is 0 Å². The maximum absolute atomic E-state index is 12.5. The number of halogens is 3. The van der Waals surface area contributed by atoms with E-state index in [0.29, 0.717) is 26.3 Å². The lowest BCUT2D eigenvalue weighted by Crippen LogP contribution is -2.43. The minimum absolute atomic E-state index is 0.0172. The molecule has 0 radical (unpaired) electrons. The number of rotatable bonds is 5. The van der Waals surface area contributed by atoms with Crippen LogP contribution in [0.25, 0.3) is 0 Å². The van der Waals surface area contributed by atoms with Crippen LogP contribution in [0.5, 0.6) is 0 Å². The first-order chi connectivity index (χ1) is 13.2. The third kappa shape index (κ3) is 6.52. The topological polar surface area (TPSA) is 87.7 Å². The van der Waals surface area contributed by atoms with Crippen molar-refractivity contribution in [3.8, 4) is 0 Å². The summed E-state index contributed by atoms with van der Waals surface area (Å²) in [6, 6.07) is 3.62. The molecule has 0 spiro atoms. The van der Waals surface area contributed by atoms with Crippen molar-refractivity contribution in [3.05, 3.63) is 35.4 Å². The minimum Gasteiger partial charge on any atom is -0.378 e. The van der Waals surface area contributed by atoms with E-state index < -0.39 is 23.6 Å². The molecule has 2 rings (SSSR count). The summed E-state index contributed by atoms with van der Waals surface area (Å²) >= 11 is 0. The molecule has 0 bridgehead atoms. The smallest absolute Gasteiger partial charge is 0.378 e. The number of carbonyl (C=O) groups is 3. The number of nitrogens with one attached hydrogen (secondary N) is 2. The van der Waals surface area contributed by atoms with Gasteiger partial charge in [-0.25, -0.2) is 0 Å². The van der Waals surface area contributed by atoms with Crippen molar-refractivity contribution in [3.63, 3.8) is 0 Å². The average molecular weight is 401 g/mol. The second-order valence-corrected chi connectivity index (χ2v) is 6.58. The van der Waals surface area contributed by atoms with Crippen molar-refractivity contribution in [1.82, 2.24) is 15.8 Å². The van der Waals surface area contributed by atoms with E-state index in [1.165, 1.54) is 0 Å². The first-order valence-electron chi connectivity index (χ1n) is 8.79. The zero-order valence-corrected chi connectivity index (χ0v) is 15.3. The van der Waals surface area contributed by atoms with Gasteiger partial charge >= 0.3 is 6.18 Å². The number of ether oxygens (including phenoxy) is 1. The molecule has 10 heteroatoms. The number of hydrazine groups is 1. The molecule has 28 heavy (non-hydrogen) atoms. The molecule has 1 fully saturated rings. The Labute approximate surface area is 160 Å². The SMILES string of the molecule is C[C@@H](CC(=O)NNC(=O)c1ccc(C(F)(F)F)cc1)CC(=O)N1CCOCC1. The maximum Gasteiger partial charge on any atom is 0.416 e. The Hall–Kier alpha value is -2.62. The summed E-state index contributed by atoms with van der Waals surface area (Å²) in [5.74, 6) is -1.53. The van der Waals surface area contributed by atoms with Gasteiger partial charge in [-0.2, -0.15) is 13.2 Å². The number of hydrogen-bond acceptors (Lipinski definition) is 4. The third-order valence-corrected chi connectivity index (χ3v) is 4.21. The van der Waals surface area contributed by atoms with Crippen LogP contribution < -0.4 is 10.9 Å². The summed E-state index contributed by atoms with van der Waals surface area (Å²) in [4.78, 5) is 37.6. The van der Waals surface area contributed by atoms with Crippen molar-refractivity contribution in [2.45, 2.75) is 25.9 Å². The number of carbonyl (C=O) groups excluding carboxylic acids is 3. The monoisotopic (exact) mass is 401 g/mol. The molecule has 3 amide bonds. The predicted octanol–water partition coefficient (Wildman–Crippen LogP) is 1.74. The predicted molar refractivity (Wildman–Crippen MR) is 92.8 cm³/mol. The Morgan fingerprint density at radius 2 is 1.68 bits per heavy atom. The van der Waals surface area contributed by atoms with Gasteiger partial charge in [-0.1, -0.05) is 6.92 Å². The fraction of sp³-hybridized carbons (Fsp3) is 0.500. The fourth-order valence-corrected chi connectivity index (χ4v) is 2.69. The summed E-state index contributed by atoms with van der Waals surface area (Å²) in [5, 5.41) is 0. The maximum atomic E-state index is 12.5. The zero-order valence-electron chi connectivity index (χ0n) is 15.3. The lowest BCUT2D eigenvalue weighted by Gasteiger charge is -2.27. The first-order valence-corrected chi connectivity index (χ1v) is 8.79. The molecule has 7 nitrogen and oxygen atoms in total. The Morgan fingerprint density at radius 3 is 2.25 bits per heavy atom. The van der Waals surface area contributed by atoms with Gasteiger partial charge in [0, 0.05) is 31.5 Å². The molecule has 1 aromatic rings. The number of hydrogen-bond donors (Lipinski definition) is 2. The van der Waals surface area contributed by atoms with E-state index in [-0.39, 0.29) is 30.2 Å². The van der Waals surface area contributed by atoms with Crippen LogP contribution in [-0.4, -0.2) is 48.9 Å². The molecule has 0 unspecified atom stereocenters. The van der Waals surface area contributed by atoms with E-state index in [1.807, 2.05) is 0 Å². The van der Waals surface area contributed by atoms with E-state index >= 15 is 0 Å². The van der Waals surface area contributed by atoms with Crippen LogP contribution >= 0.6 is 0 Å². The number of morpholine rings is 1. The van der Waals surface area contributed by atoms with E-state index in [4.69, 9.17) is 4.74 Å². The quantitative estimate of drug-likeness (QED) is 0.736. The van der Waals surface area contributed by atoms with Gasteiger partial charge in [-0.05, 0) is 30.2 Å². The molecule has 1 aliphatic heterocycles. The number of amides is 3. The molecule has 0 saturated carbocycles. The molecular weight excluding hydrogens is 379 g/mol. The van der Waals surface area contributed by atoms with Crippen LogP contribution in [0.15, 0.2) is 24.3 Å². The van der Waals surface area contributed by atoms with Crippen LogP contribution in [0.1, 0.15) is 35.7 Å². The molecule has 154 valence electrons. The van der Waals surface area contributed by atoms with Crippen LogP contribution in [0.3, 0.4) is 0 Å². The summed E-state index contributed by atoms with van der Waals surface area (Å²) in [5.41, 5.74) is 3.46. The van der Waals surface area contributed by atoms with Gasteiger partial charge in [0.25, 0.3) is 5.91 Å². The minimum atomic E-state index is -4.49. The summed E-state index contributed by atoms with van der Waals surface area (Å²) in [6.07, 6.45) is -4.28. The molecular formula is C18H22F3N3O4. The normalized spacial score (nSPS) is 15.6. The van der Waals surface area contributed by atoms with Gasteiger partial charge in [0.15, 0.2) is 0 Å². The van der Waals surface area contributed by atoms with Crippen molar-refractivity contribution < 1.29 is 32.3 Å². The highest BCUT2D eigenvalue weighted by atomic mass is 19.4. The molecule has 1 heterocycles. The molecule has 2 N–H and O–H groups in total. The standard InChI is InChI=1S/C18H22F3N3O4/c1-12(11-16(26)24-6-8-28-9-7-24)10-15(25)22-23-17(27)13-2-4-14(5-3-13)18(19,20)21/h2-5,12H,6-11H2,1H3,(H,22,25)(H,23,27)/t12-/m0/s1. The molecule has 1 atom stereocenters. The van der Waals surface area contributed by atoms with Gasteiger partial charge in [-0.3, -0.25) is 25.2 Å². The largest absolute Gasteiger partial charge is 0.416 e. The summed E-state index contributed by atoms with van der Waals surface area (Å²) < 4.78 is 42.7. The summed E-state index contributed by atoms with van der Waals surface area (Å²) in [7, 11) is 0. The van der Waals surface area contributed by atoms with E-state index in [0.717, 1.165) is 24.3 Å². The molecule has 0 aromatic heterocycles. The fourth-order valence-electron chi connectivity index (χ4n) is 2.69. The molecule has 1 saturated heterocycles. The number of nitrogens with zero attached hydrogens (tertiary/aromatic N) is 1. The average Bonchev–Trinajstić information content (AvgIpc) is 2.66. The molecule has 1 aromatic carbocycles. The van der Waals surface area contributed by atoms with Crippen molar-refractivity contribution in [2.75, 3.05) is 26.3 Å². The second kappa shape index (κ2) is 9.54. The van der Waals surface area contributed by atoms with Gasteiger partial charge in [0.05, 0.1) is 18.8 Å². The van der Waals surface area contributed by atoms with Crippen LogP contribution in [0, 0.1) is 5.92 Å². The Balaban J connectivity index is 1.75. The highest BCUT2D eigenvalue weighted by molar-refractivity contribution is 5.95. The van der Waals surface area contributed by atoms with Crippen LogP contribution in [0.4, 0.5) is 13.2 Å². The van der Waals surface area contributed by atoms with E-state index in [1.54, 1.807) is 11.8 Å². The van der Waals surface area contributed by atoms with Gasteiger partial charge in [0.1, 0.15) is 0 Å². The van der Waals surface area contributed by atoms with Gasteiger partial charge in [0.2, 0.25) is 11.8 Å². The Bertz CT molecular complexity index is 701.